The molecule has 0 radical (unpaired) electrons. The third-order valence-electron chi connectivity index (χ3n) is 2.35. The Morgan fingerprint density at radius 1 is 1.35 bits per heavy atom. The third kappa shape index (κ3) is 7.17. The lowest BCUT2D eigenvalue weighted by atomic mass is 10.3. The van der Waals surface area contributed by atoms with Gasteiger partial charge in [-0.3, -0.25) is 9.69 Å². The molecular weight excluding hydrogens is 237 g/mol. The van der Waals surface area contributed by atoms with E-state index in [0.29, 0.717) is 0 Å². The second-order valence-corrected chi connectivity index (χ2v) is 4.15. The first kappa shape index (κ1) is 16.2. The summed E-state index contributed by atoms with van der Waals surface area (Å²) in [5, 5.41) is 8.66. The van der Waals surface area contributed by atoms with Gasteiger partial charge in [0.05, 0.1) is 19.7 Å². The van der Waals surface area contributed by atoms with Crippen LogP contribution in [0.5, 0.6) is 0 Å². The number of hydrogen-bond donors (Lipinski definition) is 1. The highest BCUT2D eigenvalue weighted by Crippen LogP contribution is 2.16. The summed E-state index contributed by atoms with van der Waals surface area (Å²) < 4.78 is 36.6. The van der Waals surface area contributed by atoms with Gasteiger partial charge in [0, 0.05) is 19.6 Å². The van der Waals surface area contributed by atoms with Crippen LogP contribution >= 0.6 is 0 Å². The summed E-state index contributed by atoms with van der Waals surface area (Å²) in [4.78, 5) is 13.9. The van der Waals surface area contributed by atoms with Crippen LogP contribution in [-0.4, -0.2) is 66.3 Å². The average molecular weight is 256 g/mol. The second kappa shape index (κ2) is 6.80. The van der Waals surface area contributed by atoms with E-state index < -0.39 is 25.2 Å². The van der Waals surface area contributed by atoms with Crippen LogP contribution in [0, 0.1) is 0 Å². The van der Waals surface area contributed by atoms with Crippen molar-refractivity contribution in [1.29, 1.82) is 0 Å². The molecule has 102 valence electrons. The number of nitrogens with zero attached hydrogens (tertiary/aromatic N) is 2. The van der Waals surface area contributed by atoms with Gasteiger partial charge in [0.1, 0.15) is 0 Å². The molecule has 0 unspecified atom stereocenters. The predicted molar refractivity (Wildman–Crippen MR) is 57.5 cm³/mol. The maximum Gasteiger partial charge on any atom is 0.401 e. The highest BCUT2D eigenvalue weighted by atomic mass is 19.4. The number of rotatable bonds is 6. The average Bonchev–Trinajstić information content (AvgIpc) is 2.13. The summed E-state index contributed by atoms with van der Waals surface area (Å²) in [5.41, 5.74) is 0. The van der Waals surface area contributed by atoms with Gasteiger partial charge in [0.2, 0.25) is 5.91 Å². The van der Waals surface area contributed by atoms with E-state index in [1.54, 1.807) is 13.8 Å². The van der Waals surface area contributed by atoms with Gasteiger partial charge in [0.15, 0.2) is 0 Å². The normalized spacial score (nSPS) is 12.3. The van der Waals surface area contributed by atoms with Crippen molar-refractivity contribution in [2.45, 2.75) is 26.1 Å². The Kier molecular flexibility index (Phi) is 6.48. The quantitative estimate of drug-likeness (QED) is 0.761. The number of aliphatic hydroxyl groups excluding tert-OH is 1. The summed E-state index contributed by atoms with van der Waals surface area (Å²) in [5.74, 6) is -0.391. The number of amides is 1. The Labute approximate surface area is 99.0 Å². The molecule has 17 heavy (non-hydrogen) atoms. The lowest BCUT2D eigenvalue weighted by molar-refractivity contribution is -0.152. The molecule has 0 aliphatic heterocycles. The predicted octanol–water partition coefficient (Wildman–Crippen LogP) is 0.710. The van der Waals surface area contributed by atoms with Gasteiger partial charge in [-0.25, -0.2) is 0 Å². The fraction of sp³-hybridized carbons (Fsp3) is 0.900. The topological polar surface area (TPSA) is 43.8 Å². The summed E-state index contributed by atoms with van der Waals surface area (Å²) in [7, 11) is 1.54. The zero-order chi connectivity index (χ0) is 13.6. The van der Waals surface area contributed by atoms with Crippen molar-refractivity contribution in [1.82, 2.24) is 9.80 Å². The van der Waals surface area contributed by atoms with E-state index in [9.17, 15) is 18.0 Å². The first-order chi connectivity index (χ1) is 7.67. The van der Waals surface area contributed by atoms with Crippen molar-refractivity contribution >= 4 is 5.91 Å². The summed E-state index contributed by atoms with van der Waals surface area (Å²) in [6, 6.07) is -0.0654. The van der Waals surface area contributed by atoms with Gasteiger partial charge in [-0.05, 0) is 13.8 Å². The Bertz CT molecular complexity index is 244. The molecular formula is C10H19F3N2O2. The Balaban J connectivity index is 4.39. The van der Waals surface area contributed by atoms with Gasteiger partial charge in [-0.2, -0.15) is 13.2 Å². The Morgan fingerprint density at radius 3 is 2.24 bits per heavy atom. The van der Waals surface area contributed by atoms with Crippen molar-refractivity contribution in [3.05, 3.63) is 0 Å². The third-order valence-corrected chi connectivity index (χ3v) is 2.35. The number of halogens is 3. The van der Waals surface area contributed by atoms with Gasteiger partial charge >= 0.3 is 6.18 Å². The molecule has 0 aliphatic carbocycles. The molecule has 0 saturated carbocycles. The van der Waals surface area contributed by atoms with E-state index >= 15 is 0 Å². The number of hydrogen-bond acceptors (Lipinski definition) is 3. The lowest BCUT2D eigenvalue weighted by Gasteiger charge is -2.27. The van der Waals surface area contributed by atoms with Crippen LogP contribution in [0.1, 0.15) is 13.8 Å². The fourth-order valence-corrected chi connectivity index (χ4v) is 1.20. The van der Waals surface area contributed by atoms with Crippen molar-refractivity contribution in [3.8, 4) is 0 Å². The van der Waals surface area contributed by atoms with Crippen LogP contribution in [0.2, 0.25) is 0 Å². The number of carbonyl (C=O) groups excluding carboxylic acids is 1. The number of alkyl halides is 3. The molecule has 0 aliphatic rings. The highest BCUT2D eigenvalue weighted by molar-refractivity contribution is 5.78. The van der Waals surface area contributed by atoms with Gasteiger partial charge in [0.25, 0.3) is 0 Å². The van der Waals surface area contributed by atoms with Crippen LogP contribution in [0.25, 0.3) is 0 Å². The van der Waals surface area contributed by atoms with Crippen molar-refractivity contribution in [3.63, 3.8) is 0 Å². The Hall–Kier alpha value is -0.820. The molecule has 1 N–H and O–H groups in total. The van der Waals surface area contributed by atoms with Gasteiger partial charge in [-0.1, -0.05) is 0 Å². The Morgan fingerprint density at radius 2 is 1.88 bits per heavy atom. The largest absolute Gasteiger partial charge is 0.401 e. The molecule has 0 fully saturated rings. The molecule has 7 heteroatoms. The fourth-order valence-electron chi connectivity index (χ4n) is 1.20. The molecule has 0 atom stereocenters. The van der Waals surface area contributed by atoms with Crippen molar-refractivity contribution in [2.24, 2.45) is 0 Å². The second-order valence-electron chi connectivity index (χ2n) is 4.15. The monoisotopic (exact) mass is 256 g/mol. The maximum absolute atomic E-state index is 12.2. The molecule has 0 bridgehead atoms. The standard InChI is InChI=1S/C10H19F3N2O2/c1-8(2)14(3)9(17)6-15(4-5-16)7-10(11,12)13/h8,16H,4-7H2,1-3H3. The molecule has 0 aromatic rings. The van der Waals surface area contributed by atoms with Crippen LogP contribution < -0.4 is 0 Å². The van der Waals surface area contributed by atoms with E-state index in [1.807, 2.05) is 0 Å². The number of aliphatic hydroxyl groups is 1. The zero-order valence-corrected chi connectivity index (χ0v) is 10.3. The molecule has 0 spiro atoms. The lowest BCUT2D eigenvalue weighted by Crippen LogP contribution is -2.45. The van der Waals surface area contributed by atoms with Crippen LogP contribution in [0.3, 0.4) is 0 Å². The van der Waals surface area contributed by atoms with Gasteiger partial charge in [-0.15, -0.1) is 0 Å². The van der Waals surface area contributed by atoms with E-state index in [4.69, 9.17) is 5.11 Å². The van der Waals surface area contributed by atoms with Crippen LogP contribution in [-0.2, 0) is 4.79 Å². The van der Waals surface area contributed by atoms with Crippen LogP contribution in [0.15, 0.2) is 0 Å². The first-order valence-corrected chi connectivity index (χ1v) is 5.33. The highest BCUT2D eigenvalue weighted by Gasteiger charge is 2.31. The van der Waals surface area contributed by atoms with E-state index in [2.05, 4.69) is 0 Å². The van der Waals surface area contributed by atoms with E-state index in [1.165, 1.54) is 11.9 Å². The van der Waals surface area contributed by atoms with Crippen molar-refractivity contribution in [2.75, 3.05) is 33.3 Å². The summed E-state index contributed by atoms with van der Waals surface area (Å²) in [6.45, 7) is 1.45. The van der Waals surface area contributed by atoms with E-state index in [0.717, 1.165) is 4.90 Å². The molecule has 0 aromatic carbocycles. The smallest absolute Gasteiger partial charge is 0.395 e. The molecule has 4 nitrogen and oxygen atoms in total. The number of likely N-dealkylation sites (N-methyl/N-ethyl adjacent to an activating group) is 1. The number of carbonyl (C=O) groups is 1. The van der Waals surface area contributed by atoms with Crippen LogP contribution in [0.4, 0.5) is 13.2 Å². The zero-order valence-electron chi connectivity index (χ0n) is 10.3. The van der Waals surface area contributed by atoms with Crippen molar-refractivity contribution < 1.29 is 23.1 Å². The molecule has 0 rings (SSSR count). The molecule has 0 heterocycles. The molecule has 1 amide bonds. The molecule has 0 saturated heterocycles. The summed E-state index contributed by atoms with van der Waals surface area (Å²) >= 11 is 0. The molecule has 0 aromatic heterocycles. The van der Waals surface area contributed by atoms with Gasteiger partial charge < -0.3 is 10.0 Å². The minimum atomic E-state index is -4.37. The van der Waals surface area contributed by atoms with E-state index in [-0.39, 0.29) is 19.1 Å². The summed E-state index contributed by atoms with van der Waals surface area (Å²) in [6.07, 6.45) is -4.37. The minimum Gasteiger partial charge on any atom is -0.395 e. The maximum atomic E-state index is 12.2. The minimum absolute atomic E-state index is 0.0654. The first-order valence-electron chi connectivity index (χ1n) is 5.33. The SMILES string of the molecule is CC(C)N(C)C(=O)CN(CCO)CC(F)(F)F.